The van der Waals surface area contributed by atoms with Gasteiger partial charge in [0.25, 0.3) is 0 Å². The maximum absolute atomic E-state index is 5.85. The van der Waals surface area contributed by atoms with E-state index in [1.54, 1.807) is 18.6 Å². The number of nitrogens with zero attached hydrogens (tertiary/aromatic N) is 3. The number of rotatable bonds is 7. The molecule has 5 heteroatoms. The lowest BCUT2D eigenvalue weighted by atomic mass is 10.2. The van der Waals surface area contributed by atoms with Crippen molar-refractivity contribution in [3.63, 3.8) is 0 Å². The summed E-state index contributed by atoms with van der Waals surface area (Å²) in [5, 5.41) is 7.54. The molecule has 0 aliphatic rings. The first-order valence-corrected chi connectivity index (χ1v) is 6.67. The Kier molecular flexibility index (Phi) is 4.92. The summed E-state index contributed by atoms with van der Waals surface area (Å²) in [4.78, 5) is 4.11. The van der Waals surface area contributed by atoms with Crippen molar-refractivity contribution in [3.8, 4) is 11.5 Å². The second-order valence-corrected chi connectivity index (χ2v) is 4.30. The molecule has 0 fully saturated rings. The van der Waals surface area contributed by atoms with Gasteiger partial charge in [0.1, 0.15) is 5.75 Å². The maximum Gasteiger partial charge on any atom is 0.165 e. The first kappa shape index (κ1) is 13.5. The maximum atomic E-state index is 5.85. The van der Waals surface area contributed by atoms with Gasteiger partial charge in [0.2, 0.25) is 0 Å². The van der Waals surface area contributed by atoms with E-state index in [0.29, 0.717) is 0 Å². The predicted octanol–water partition coefficient (Wildman–Crippen LogP) is 2.59. The third-order valence-corrected chi connectivity index (χ3v) is 2.73. The highest BCUT2D eigenvalue weighted by atomic mass is 16.5. The fraction of sp³-hybridized carbons (Fsp3) is 0.429. The zero-order valence-corrected chi connectivity index (χ0v) is 11.5. The van der Waals surface area contributed by atoms with Gasteiger partial charge in [-0.1, -0.05) is 13.8 Å². The Hall–Kier alpha value is -1.88. The van der Waals surface area contributed by atoms with Crippen LogP contribution in [0.15, 0.2) is 30.9 Å². The molecule has 5 nitrogen and oxygen atoms in total. The third kappa shape index (κ3) is 3.79. The Morgan fingerprint density at radius 1 is 1.32 bits per heavy atom. The van der Waals surface area contributed by atoms with Gasteiger partial charge < -0.3 is 10.1 Å². The molecule has 0 radical (unpaired) electrons. The quantitative estimate of drug-likeness (QED) is 0.831. The molecule has 2 rings (SSSR count). The Morgan fingerprint density at radius 3 is 3.00 bits per heavy atom. The van der Waals surface area contributed by atoms with Gasteiger partial charge in [-0.15, -0.1) is 0 Å². The van der Waals surface area contributed by atoms with E-state index in [1.165, 1.54) is 0 Å². The first-order valence-electron chi connectivity index (χ1n) is 6.67. The first-order chi connectivity index (χ1) is 9.33. The minimum Gasteiger partial charge on any atom is -0.452 e. The Bertz CT molecular complexity index is 510. The van der Waals surface area contributed by atoms with Crippen LogP contribution < -0.4 is 10.1 Å². The van der Waals surface area contributed by atoms with E-state index in [4.69, 9.17) is 4.74 Å². The Labute approximate surface area is 113 Å². The lowest BCUT2D eigenvalue weighted by Gasteiger charge is -2.09. The van der Waals surface area contributed by atoms with Crippen LogP contribution in [0.25, 0.3) is 0 Å². The predicted molar refractivity (Wildman–Crippen MR) is 74.2 cm³/mol. The standard InChI is InChI=1S/C14H20N4O/c1-3-7-18-11-13(9-17-18)19-14-10-16-6-5-12(14)8-15-4-2/h5-6,9-11,15H,3-4,7-8H2,1-2H3. The summed E-state index contributed by atoms with van der Waals surface area (Å²) < 4.78 is 7.73. The topological polar surface area (TPSA) is 52.0 Å². The third-order valence-electron chi connectivity index (χ3n) is 2.73. The monoisotopic (exact) mass is 260 g/mol. The van der Waals surface area contributed by atoms with Crippen molar-refractivity contribution in [2.75, 3.05) is 6.54 Å². The fourth-order valence-corrected chi connectivity index (χ4v) is 1.78. The van der Waals surface area contributed by atoms with Crippen molar-refractivity contribution >= 4 is 0 Å². The number of aryl methyl sites for hydroxylation is 1. The summed E-state index contributed by atoms with van der Waals surface area (Å²) in [6.45, 7) is 6.81. The second-order valence-electron chi connectivity index (χ2n) is 4.30. The molecule has 2 aromatic rings. The molecule has 0 aliphatic carbocycles. The zero-order chi connectivity index (χ0) is 13.5. The van der Waals surface area contributed by atoms with E-state index in [2.05, 4.69) is 29.2 Å². The number of hydrogen-bond acceptors (Lipinski definition) is 4. The zero-order valence-electron chi connectivity index (χ0n) is 11.5. The highest BCUT2D eigenvalue weighted by Gasteiger charge is 2.06. The second kappa shape index (κ2) is 6.89. The van der Waals surface area contributed by atoms with Crippen LogP contribution in [0.3, 0.4) is 0 Å². The molecule has 0 spiro atoms. The molecule has 2 heterocycles. The summed E-state index contributed by atoms with van der Waals surface area (Å²) in [5.41, 5.74) is 1.10. The van der Waals surface area contributed by atoms with Crippen LogP contribution in [0.4, 0.5) is 0 Å². The Balaban J connectivity index is 2.08. The minimum absolute atomic E-state index is 0.749. The number of ether oxygens (including phenoxy) is 1. The largest absolute Gasteiger partial charge is 0.452 e. The average Bonchev–Trinajstić information content (AvgIpc) is 2.86. The van der Waals surface area contributed by atoms with Gasteiger partial charge in [0, 0.05) is 24.8 Å². The molecule has 0 atom stereocenters. The Morgan fingerprint density at radius 2 is 2.21 bits per heavy atom. The van der Waals surface area contributed by atoms with Gasteiger partial charge in [-0.05, 0) is 19.0 Å². The van der Waals surface area contributed by atoms with Crippen LogP contribution >= 0.6 is 0 Å². The molecule has 102 valence electrons. The van der Waals surface area contributed by atoms with Gasteiger partial charge in [-0.2, -0.15) is 5.10 Å². The summed E-state index contributed by atoms with van der Waals surface area (Å²) in [5.74, 6) is 1.53. The van der Waals surface area contributed by atoms with Crippen molar-refractivity contribution in [1.29, 1.82) is 0 Å². The van der Waals surface area contributed by atoms with Crippen LogP contribution in [0.2, 0.25) is 0 Å². The van der Waals surface area contributed by atoms with E-state index < -0.39 is 0 Å². The van der Waals surface area contributed by atoms with Gasteiger partial charge in [0.05, 0.1) is 18.6 Å². The van der Waals surface area contributed by atoms with Crippen LogP contribution in [0, 0.1) is 0 Å². The summed E-state index contributed by atoms with van der Waals surface area (Å²) >= 11 is 0. The lowest BCUT2D eigenvalue weighted by Crippen LogP contribution is -2.12. The number of aromatic nitrogens is 3. The van der Waals surface area contributed by atoms with Crippen LogP contribution in [0.1, 0.15) is 25.8 Å². The van der Waals surface area contributed by atoms with Crippen LogP contribution in [-0.4, -0.2) is 21.3 Å². The van der Waals surface area contributed by atoms with Crippen molar-refractivity contribution < 1.29 is 4.74 Å². The van der Waals surface area contributed by atoms with Crippen LogP contribution in [-0.2, 0) is 13.1 Å². The smallest absolute Gasteiger partial charge is 0.165 e. The van der Waals surface area contributed by atoms with Crippen molar-refractivity contribution in [1.82, 2.24) is 20.1 Å². The minimum atomic E-state index is 0.749. The number of hydrogen-bond donors (Lipinski definition) is 1. The highest BCUT2D eigenvalue weighted by molar-refractivity contribution is 5.33. The molecule has 0 unspecified atom stereocenters. The van der Waals surface area contributed by atoms with E-state index in [0.717, 1.165) is 43.1 Å². The number of pyridine rings is 1. The summed E-state index contributed by atoms with van der Waals surface area (Å²) in [6.07, 6.45) is 8.22. The molecule has 0 saturated heterocycles. The van der Waals surface area contributed by atoms with Crippen molar-refractivity contribution in [2.45, 2.75) is 33.4 Å². The molecule has 0 saturated carbocycles. The molecule has 0 aliphatic heterocycles. The van der Waals surface area contributed by atoms with E-state index >= 15 is 0 Å². The molecule has 19 heavy (non-hydrogen) atoms. The average molecular weight is 260 g/mol. The molecular weight excluding hydrogens is 240 g/mol. The van der Waals surface area contributed by atoms with Gasteiger partial charge >= 0.3 is 0 Å². The highest BCUT2D eigenvalue weighted by Crippen LogP contribution is 2.23. The lowest BCUT2D eigenvalue weighted by molar-refractivity contribution is 0.469. The molecule has 0 aromatic carbocycles. The van der Waals surface area contributed by atoms with Gasteiger partial charge in [-0.25, -0.2) is 0 Å². The van der Waals surface area contributed by atoms with E-state index in [9.17, 15) is 0 Å². The fourth-order valence-electron chi connectivity index (χ4n) is 1.78. The van der Waals surface area contributed by atoms with Crippen molar-refractivity contribution in [3.05, 3.63) is 36.4 Å². The molecular formula is C14H20N4O. The molecule has 2 aromatic heterocycles. The van der Waals surface area contributed by atoms with Gasteiger partial charge in [-0.3, -0.25) is 9.67 Å². The van der Waals surface area contributed by atoms with E-state index in [-0.39, 0.29) is 0 Å². The van der Waals surface area contributed by atoms with Gasteiger partial charge in [0.15, 0.2) is 5.75 Å². The summed E-state index contributed by atoms with van der Waals surface area (Å²) in [6, 6.07) is 1.97. The normalized spacial score (nSPS) is 10.6. The van der Waals surface area contributed by atoms with Crippen LogP contribution in [0.5, 0.6) is 11.5 Å². The summed E-state index contributed by atoms with van der Waals surface area (Å²) in [7, 11) is 0. The van der Waals surface area contributed by atoms with E-state index in [1.807, 2.05) is 16.9 Å². The number of nitrogens with one attached hydrogen (secondary N) is 1. The molecule has 0 amide bonds. The molecule has 1 N–H and O–H groups in total. The SMILES string of the molecule is CCCn1cc(Oc2cnccc2CNCC)cn1. The molecule has 0 bridgehead atoms. The van der Waals surface area contributed by atoms with Crippen molar-refractivity contribution in [2.24, 2.45) is 0 Å².